The molecule has 0 atom stereocenters. The largest absolute Gasteiger partial charge is 0.514 e. The van der Waals surface area contributed by atoms with E-state index >= 15 is 0 Å². The third-order valence-electron chi connectivity index (χ3n) is 22.7. The summed E-state index contributed by atoms with van der Waals surface area (Å²) in [4.78, 5) is 9.44. The molecule has 498 valence electrons. The van der Waals surface area contributed by atoms with Crippen LogP contribution in [0.4, 0.5) is 0 Å². The van der Waals surface area contributed by atoms with Gasteiger partial charge in [0.2, 0.25) is 0 Å². The summed E-state index contributed by atoms with van der Waals surface area (Å²) in [6.45, 7) is 24.5. The Morgan fingerprint density at radius 2 is 0.525 bits per heavy atom. The van der Waals surface area contributed by atoms with Crippen LogP contribution in [0.15, 0.2) is 248 Å². The molecule has 19 rings (SSSR count). The van der Waals surface area contributed by atoms with Crippen molar-refractivity contribution in [3.05, 3.63) is 248 Å². The fraction of sp³-hybridized carbons (Fsp3) is 0.213. The summed E-state index contributed by atoms with van der Waals surface area (Å²) < 4.78 is 37.3. The first-order valence-electron chi connectivity index (χ1n) is 34.8. The summed E-state index contributed by atoms with van der Waals surface area (Å²) in [6.07, 6.45) is 3.94. The molecule has 14 aromatic carbocycles. The van der Waals surface area contributed by atoms with Crippen molar-refractivity contribution < 1.29 is 27.9 Å². The fourth-order valence-electron chi connectivity index (χ4n) is 15.5. The number of hydrogen-bond donors (Lipinski definition) is 0. The Labute approximate surface area is 600 Å². The summed E-state index contributed by atoms with van der Waals surface area (Å²) in [5, 5.41) is 25.6. The zero-order valence-electron chi connectivity index (χ0n) is 58.5. The van der Waals surface area contributed by atoms with Crippen molar-refractivity contribution in [3.63, 3.8) is 0 Å². The van der Waals surface area contributed by atoms with Crippen LogP contribution in [0.5, 0.6) is 0 Å². The molecule has 5 heterocycles. The minimum atomic E-state index is -0.490. The summed E-state index contributed by atoms with van der Waals surface area (Å²) in [5.41, 5.74) is 8.17. The molecule has 0 unspecified atom stereocenters. The van der Waals surface area contributed by atoms with Crippen LogP contribution in [0.2, 0.25) is 0 Å². The first-order valence-corrected chi connectivity index (χ1v) is 35.6. The van der Waals surface area contributed by atoms with E-state index in [1.54, 1.807) is 0 Å². The molecule has 0 aliphatic carbocycles. The molecule has 2 aromatic heterocycles. The van der Waals surface area contributed by atoms with Crippen LogP contribution in [0.25, 0.3) is 152 Å². The number of aromatic nitrogens is 2. The molecular formula is C89H80B3BrN2O6. The van der Waals surface area contributed by atoms with E-state index in [0.717, 1.165) is 21.3 Å². The highest BCUT2D eigenvalue weighted by Crippen LogP contribution is 2.50. The van der Waals surface area contributed by atoms with Crippen LogP contribution in [0.3, 0.4) is 0 Å². The van der Waals surface area contributed by atoms with E-state index in [1.165, 1.54) is 141 Å². The maximum absolute atomic E-state index is 6.29. The number of nitrogens with zero attached hydrogens (tertiary/aromatic N) is 2. The highest BCUT2D eigenvalue weighted by molar-refractivity contribution is 9.10. The van der Waals surface area contributed by atoms with Gasteiger partial charge in [0.1, 0.15) is 4.60 Å². The van der Waals surface area contributed by atoms with E-state index in [-0.39, 0.29) is 29.8 Å². The van der Waals surface area contributed by atoms with Crippen LogP contribution < -0.4 is 5.59 Å². The van der Waals surface area contributed by atoms with Crippen LogP contribution in [0.1, 0.15) is 90.5 Å². The molecule has 3 fully saturated rings. The van der Waals surface area contributed by atoms with E-state index in [9.17, 15) is 0 Å². The molecule has 0 spiro atoms. The Bertz CT molecular complexity index is 5610. The summed E-state index contributed by atoms with van der Waals surface area (Å²) in [5.74, 6) is 0. The highest BCUT2D eigenvalue weighted by atomic mass is 79.9. The van der Waals surface area contributed by atoms with Crippen molar-refractivity contribution in [2.45, 2.75) is 124 Å². The van der Waals surface area contributed by atoms with Gasteiger partial charge >= 0.3 is 21.1 Å². The van der Waals surface area contributed by atoms with Crippen LogP contribution in [0, 0.1) is 0 Å². The predicted octanol–water partition coefficient (Wildman–Crippen LogP) is 23.2. The van der Waals surface area contributed by atoms with Gasteiger partial charge in [0.15, 0.2) is 0 Å². The molecule has 3 aliphatic rings. The Morgan fingerprint density at radius 3 is 0.802 bits per heavy atom. The molecule has 101 heavy (non-hydrogen) atoms. The molecule has 0 bridgehead atoms. The zero-order chi connectivity index (χ0) is 69.0. The second kappa shape index (κ2) is 24.3. The van der Waals surface area contributed by atoms with Crippen molar-refractivity contribution in [3.8, 4) is 44.5 Å². The molecule has 0 saturated carbocycles. The quantitative estimate of drug-likeness (QED) is 0.0705. The van der Waals surface area contributed by atoms with Crippen LogP contribution in [-0.2, 0) is 27.9 Å². The first kappa shape index (κ1) is 66.5. The molecule has 0 N–H and O–H groups in total. The average Bonchev–Trinajstić information content (AvgIpc) is 1.68. The average molecular weight is 1390 g/mol. The SMILES string of the molecule is Brc1ccc(-c2c3ccccc3c(-c3cc4ccc5cccc6ccc(c3)c4c56)c3ccccc23)cn1.C.CC1(C)OB(B2OC(C)(C)C(C)(C)O2)OC1(C)C.CC1(C)OB(c2ccc(-c3c4ccccc4c(-c4cc5ccc6cccc7ccc(c4)c5c67)c4ccccc34)cn2)OC1(C)C. The van der Waals surface area contributed by atoms with Crippen molar-refractivity contribution in [1.29, 1.82) is 0 Å². The minimum Gasteiger partial charge on any atom is -0.405 e. The summed E-state index contributed by atoms with van der Waals surface area (Å²) >= 11 is 3.50. The second-order valence-corrected chi connectivity index (χ2v) is 31.2. The summed E-state index contributed by atoms with van der Waals surface area (Å²) in [6, 6.07) is 84.3. The minimum absolute atomic E-state index is 0. The lowest BCUT2D eigenvalue weighted by atomic mass is 9.49. The van der Waals surface area contributed by atoms with Gasteiger partial charge in [0.25, 0.3) is 0 Å². The van der Waals surface area contributed by atoms with Gasteiger partial charge in [0.05, 0.1) is 39.2 Å². The lowest BCUT2D eigenvalue weighted by Crippen LogP contribution is -2.41. The fourth-order valence-corrected chi connectivity index (χ4v) is 15.7. The van der Waals surface area contributed by atoms with Gasteiger partial charge in [0, 0.05) is 23.5 Å². The number of benzene rings is 14. The van der Waals surface area contributed by atoms with Crippen molar-refractivity contribution in [2.75, 3.05) is 0 Å². The smallest absolute Gasteiger partial charge is 0.405 e. The van der Waals surface area contributed by atoms with Crippen molar-refractivity contribution >= 4 is 150 Å². The topological polar surface area (TPSA) is 81.2 Å². The Balaban J connectivity index is 0.000000127. The monoisotopic (exact) mass is 1380 g/mol. The van der Waals surface area contributed by atoms with E-state index in [0.29, 0.717) is 0 Å². The maximum Gasteiger partial charge on any atom is 0.514 e. The molecule has 3 aliphatic heterocycles. The van der Waals surface area contributed by atoms with Gasteiger partial charge in [-0.25, -0.2) is 4.98 Å². The Hall–Kier alpha value is -9.07. The van der Waals surface area contributed by atoms with Crippen molar-refractivity contribution in [2.24, 2.45) is 0 Å². The normalized spacial score (nSPS) is 17.3. The molecule has 0 radical (unpaired) electrons. The number of fused-ring (bicyclic) bond motifs is 4. The standard InChI is InChI=1S/C41H32BNO2.C35H20BrN.C12H24B2O4.CH4/c1-40(2)41(3,4)45-42(44-40)35-21-20-29(24-43-35)38-31-12-5-7-14-33(31)39(34-15-8-6-13-32(34)38)30-22-27-18-16-25-10-9-11-26-17-19-28(23-30)37(27)36(25)26;36-31-17-16-25(20-37-31)34-27-8-1-3-10-29(27)35(30-11-4-2-9-28(30)34)26-18-23-14-12-21-6-5-7-22-13-15-24(19-26)33(23)32(21)22;1-9(2)10(3,4)16-13(15-9)14-17-11(5,6)12(7,8)18-14;/h5-24H,1-4H3;1-20H;1-8H3;1H4. The van der Waals surface area contributed by atoms with E-state index in [2.05, 4.69) is 267 Å². The van der Waals surface area contributed by atoms with E-state index in [4.69, 9.17) is 32.9 Å². The lowest BCUT2D eigenvalue weighted by Gasteiger charge is -2.32. The second-order valence-electron chi connectivity index (χ2n) is 30.4. The van der Waals surface area contributed by atoms with Gasteiger partial charge in [-0.05, 0) is 277 Å². The molecular weight excluding hydrogens is 1310 g/mol. The van der Waals surface area contributed by atoms with Gasteiger partial charge in [-0.3, -0.25) is 4.98 Å². The van der Waals surface area contributed by atoms with Gasteiger partial charge in [-0.2, -0.15) is 0 Å². The van der Waals surface area contributed by atoms with Crippen LogP contribution >= 0.6 is 15.9 Å². The Kier molecular flexibility index (Phi) is 16.0. The Morgan fingerprint density at radius 1 is 0.267 bits per heavy atom. The van der Waals surface area contributed by atoms with E-state index < -0.39 is 32.3 Å². The first-order chi connectivity index (χ1) is 47.9. The molecule has 16 aromatic rings. The molecule has 3 saturated heterocycles. The third-order valence-corrected chi connectivity index (χ3v) is 23.2. The maximum atomic E-state index is 6.29. The molecule has 0 amide bonds. The van der Waals surface area contributed by atoms with Gasteiger partial charge in [-0.15, -0.1) is 0 Å². The van der Waals surface area contributed by atoms with Crippen LogP contribution in [-0.4, -0.2) is 64.7 Å². The van der Waals surface area contributed by atoms with E-state index in [1.807, 2.05) is 79.9 Å². The number of rotatable bonds is 6. The number of pyridine rings is 2. The number of hydrogen-bond acceptors (Lipinski definition) is 8. The zero-order valence-corrected chi connectivity index (χ0v) is 60.1. The summed E-state index contributed by atoms with van der Waals surface area (Å²) in [7, 11) is -1.44. The lowest BCUT2D eigenvalue weighted by molar-refractivity contribution is 0.00578. The molecule has 12 heteroatoms. The van der Waals surface area contributed by atoms with Crippen molar-refractivity contribution in [1.82, 2.24) is 9.97 Å². The number of halogens is 1. The highest BCUT2D eigenvalue weighted by Gasteiger charge is 2.64. The van der Waals surface area contributed by atoms with Gasteiger partial charge < -0.3 is 27.9 Å². The molecule has 8 nitrogen and oxygen atoms in total. The van der Waals surface area contributed by atoms with Gasteiger partial charge in [-0.1, -0.05) is 202 Å². The third kappa shape index (κ3) is 11.0. The predicted molar refractivity (Wildman–Crippen MR) is 430 cm³/mol.